The molecular formula is C22H25BN5O2. The zero-order chi connectivity index (χ0) is 20.9. The predicted octanol–water partition coefficient (Wildman–Crippen LogP) is 2.05. The molecule has 1 N–H and O–H groups in total. The lowest BCUT2D eigenvalue weighted by Crippen LogP contribution is -2.33. The number of ether oxygens (including phenoxy) is 1. The molecule has 1 aromatic heterocycles. The second kappa shape index (κ2) is 9.13. The molecule has 1 amide bonds. The van der Waals surface area contributed by atoms with E-state index in [2.05, 4.69) is 28.6 Å². The van der Waals surface area contributed by atoms with E-state index in [0.717, 1.165) is 29.9 Å². The maximum absolute atomic E-state index is 13.2. The molecule has 0 bridgehead atoms. The van der Waals surface area contributed by atoms with E-state index in [1.54, 1.807) is 11.1 Å². The van der Waals surface area contributed by atoms with E-state index in [9.17, 15) is 4.79 Å². The molecule has 2 aromatic rings. The van der Waals surface area contributed by atoms with E-state index in [-0.39, 0.29) is 12.0 Å². The topological polar surface area (TPSA) is 70.6 Å². The van der Waals surface area contributed by atoms with Gasteiger partial charge in [0, 0.05) is 38.1 Å². The van der Waals surface area contributed by atoms with Crippen LogP contribution in [-0.2, 0) is 0 Å². The average molecular weight is 402 g/mol. The zero-order valence-corrected chi connectivity index (χ0v) is 17.3. The molecule has 7 nitrogen and oxygen atoms in total. The van der Waals surface area contributed by atoms with Crippen molar-refractivity contribution in [1.82, 2.24) is 15.3 Å². The maximum Gasteiger partial charge on any atom is 0.263 e. The summed E-state index contributed by atoms with van der Waals surface area (Å²) in [5, 5.41) is 3.19. The number of carbonyl (C=O) groups excluding carboxylic acids is 1. The zero-order valence-electron chi connectivity index (χ0n) is 17.3. The minimum atomic E-state index is -0.102. The Morgan fingerprint density at radius 2 is 2.23 bits per heavy atom. The summed E-state index contributed by atoms with van der Waals surface area (Å²) in [6, 6.07) is 7.73. The van der Waals surface area contributed by atoms with Crippen molar-refractivity contribution >= 4 is 24.7 Å². The molecule has 1 aromatic carbocycles. The monoisotopic (exact) mass is 402 g/mol. The van der Waals surface area contributed by atoms with Gasteiger partial charge in [0.2, 0.25) is 0 Å². The molecule has 8 heteroatoms. The van der Waals surface area contributed by atoms with Crippen molar-refractivity contribution < 1.29 is 9.53 Å². The number of fused-ring (bicyclic) bond motifs is 1. The molecule has 0 fully saturated rings. The van der Waals surface area contributed by atoms with E-state index in [1.165, 1.54) is 6.33 Å². The number of rotatable bonds is 7. The quantitative estimate of drug-likeness (QED) is 0.715. The van der Waals surface area contributed by atoms with Crippen LogP contribution in [0.15, 0.2) is 60.4 Å². The van der Waals surface area contributed by atoms with Gasteiger partial charge in [-0.25, -0.2) is 9.97 Å². The SMILES string of the molecule is CNCCC(Oc1cccc(N2CCN(C)c3ncncc3C2=O)c1)C1=CC=C[B]1. The van der Waals surface area contributed by atoms with Gasteiger partial charge in [0.05, 0.1) is 0 Å². The molecule has 0 saturated heterocycles. The molecule has 4 rings (SSSR count). The number of hydrogen-bond acceptors (Lipinski definition) is 6. The molecule has 2 aliphatic rings. The highest BCUT2D eigenvalue weighted by Gasteiger charge is 2.27. The number of anilines is 2. The van der Waals surface area contributed by atoms with Crippen molar-refractivity contribution in [3.05, 3.63) is 66.0 Å². The number of nitrogens with one attached hydrogen (secondary N) is 1. The first-order valence-electron chi connectivity index (χ1n) is 10.1. The van der Waals surface area contributed by atoms with Crippen molar-refractivity contribution in [2.45, 2.75) is 12.5 Å². The summed E-state index contributed by atoms with van der Waals surface area (Å²) in [5.74, 6) is 3.32. The summed E-state index contributed by atoms with van der Waals surface area (Å²) >= 11 is 0. The van der Waals surface area contributed by atoms with Gasteiger partial charge in [-0.2, -0.15) is 0 Å². The van der Waals surface area contributed by atoms with Crippen LogP contribution in [0.2, 0.25) is 0 Å². The van der Waals surface area contributed by atoms with Crippen LogP contribution in [0, 0.1) is 0 Å². The second-order valence-electron chi connectivity index (χ2n) is 7.35. The summed E-state index contributed by atoms with van der Waals surface area (Å²) in [5.41, 5.74) is 2.46. The third kappa shape index (κ3) is 4.23. The lowest BCUT2D eigenvalue weighted by molar-refractivity contribution is 0.0989. The minimum Gasteiger partial charge on any atom is -0.487 e. The van der Waals surface area contributed by atoms with Gasteiger partial charge in [-0.15, -0.1) is 5.98 Å². The van der Waals surface area contributed by atoms with Crippen LogP contribution in [0.25, 0.3) is 0 Å². The van der Waals surface area contributed by atoms with Gasteiger partial charge in [0.25, 0.3) is 5.91 Å². The van der Waals surface area contributed by atoms with Crippen LogP contribution in [0.5, 0.6) is 5.75 Å². The molecule has 2 aliphatic heterocycles. The van der Waals surface area contributed by atoms with Crippen molar-refractivity contribution in [3.8, 4) is 5.75 Å². The van der Waals surface area contributed by atoms with Crippen molar-refractivity contribution in [2.75, 3.05) is 43.5 Å². The van der Waals surface area contributed by atoms with Gasteiger partial charge >= 0.3 is 0 Å². The van der Waals surface area contributed by atoms with E-state index in [0.29, 0.717) is 24.5 Å². The smallest absolute Gasteiger partial charge is 0.263 e. The van der Waals surface area contributed by atoms with Gasteiger partial charge in [0.15, 0.2) is 7.28 Å². The molecule has 153 valence electrons. The summed E-state index contributed by atoms with van der Waals surface area (Å²) in [6.45, 7) is 2.09. The number of amides is 1. The Bertz CT molecular complexity index is 978. The Kier molecular flexibility index (Phi) is 6.14. The summed E-state index contributed by atoms with van der Waals surface area (Å²) in [6.07, 6.45) is 7.96. The number of hydrogen-bond donors (Lipinski definition) is 1. The molecule has 3 heterocycles. The van der Waals surface area contributed by atoms with Gasteiger partial charge in [0.1, 0.15) is 29.6 Å². The highest BCUT2D eigenvalue weighted by Crippen LogP contribution is 2.28. The van der Waals surface area contributed by atoms with Crippen LogP contribution in [0.1, 0.15) is 16.8 Å². The molecule has 1 atom stereocenters. The third-order valence-corrected chi connectivity index (χ3v) is 5.31. The van der Waals surface area contributed by atoms with Crippen LogP contribution in [0.3, 0.4) is 0 Å². The van der Waals surface area contributed by atoms with Crippen molar-refractivity contribution in [3.63, 3.8) is 0 Å². The first kappa shape index (κ1) is 20.2. The number of nitrogens with zero attached hydrogens (tertiary/aromatic N) is 4. The number of likely N-dealkylation sites (N-methyl/N-ethyl adjacent to an activating group) is 1. The first-order chi connectivity index (χ1) is 14.7. The van der Waals surface area contributed by atoms with Gasteiger partial charge in [-0.1, -0.05) is 23.7 Å². The summed E-state index contributed by atoms with van der Waals surface area (Å²) in [4.78, 5) is 25.3. The van der Waals surface area contributed by atoms with Crippen molar-refractivity contribution in [2.24, 2.45) is 0 Å². The third-order valence-electron chi connectivity index (χ3n) is 5.31. The highest BCUT2D eigenvalue weighted by molar-refractivity contribution is 6.52. The van der Waals surface area contributed by atoms with Gasteiger partial charge in [-0.05, 0) is 32.1 Å². The Hall–Kier alpha value is -3.13. The van der Waals surface area contributed by atoms with E-state index in [4.69, 9.17) is 4.74 Å². The highest BCUT2D eigenvalue weighted by atomic mass is 16.5. The Morgan fingerprint density at radius 3 is 3.03 bits per heavy atom. The fourth-order valence-electron chi connectivity index (χ4n) is 3.69. The van der Waals surface area contributed by atoms with E-state index < -0.39 is 0 Å². The lowest BCUT2D eigenvalue weighted by atomic mass is 9.70. The molecular weight excluding hydrogens is 377 g/mol. The molecule has 1 radical (unpaired) electrons. The van der Waals surface area contributed by atoms with Crippen molar-refractivity contribution in [1.29, 1.82) is 0 Å². The molecule has 30 heavy (non-hydrogen) atoms. The predicted molar refractivity (Wildman–Crippen MR) is 119 cm³/mol. The number of benzene rings is 1. The van der Waals surface area contributed by atoms with Gasteiger partial charge < -0.3 is 19.9 Å². The van der Waals surface area contributed by atoms with Crippen LogP contribution < -0.4 is 19.9 Å². The molecule has 0 spiro atoms. The standard InChI is InChI=1S/C22H25BN5O2/c1-24-10-8-20(19-7-4-9-23-19)30-17-6-3-5-16(13-17)28-12-11-27(2)21-18(22(28)29)14-25-15-26-21/h3-7,9,13-15,20,24H,8,10-12H2,1-2H3. The van der Waals surface area contributed by atoms with E-state index in [1.807, 2.05) is 55.3 Å². The largest absolute Gasteiger partial charge is 0.487 e. The van der Waals surface area contributed by atoms with Crippen LogP contribution in [0.4, 0.5) is 11.5 Å². The van der Waals surface area contributed by atoms with Gasteiger partial charge in [-0.3, -0.25) is 4.79 Å². The fraction of sp³-hybridized carbons (Fsp3) is 0.318. The molecule has 1 unspecified atom stereocenters. The first-order valence-corrected chi connectivity index (χ1v) is 10.1. The summed E-state index contributed by atoms with van der Waals surface area (Å²) in [7, 11) is 5.95. The Balaban J connectivity index is 1.57. The normalized spacial score (nSPS) is 16.6. The minimum absolute atomic E-state index is 0.0530. The fourth-order valence-corrected chi connectivity index (χ4v) is 3.69. The number of carbonyl (C=O) groups is 1. The Labute approximate surface area is 177 Å². The van der Waals surface area contributed by atoms with Crippen LogP contribution in [-0.4, -0.2) is 63.0 Å². The molecule has 0 aliphatic carbocycles. The van der Waals surface area contributed by atoms with Crippen LogP contribution >= 0.6 is 0 Å². The summed E-state index contributed by atoms with van der Waals surface area (Å²) < 4.78 is 6.34. The molecule has 0 saturated carbocycles. The number of aromatic nitrogens is 2. The van der Waals surface area contributed by atoms with E-state index >= 15 is 0 Å². The lowest BCUT2D eigenvalue weighted by Gasteiger charge is -2.24. The maximum atomic E-state index is 13.2. The second-order valence-corrected chi connectivity index (χ2v) is 7.35. The Morgan fingerprint density at radius 1 is 1.33 bits per heavy atom. The average Bonchev–Trinajstić information content (AvgIpc) is 3.27. The number of allylic oxidation sites excluding steroid dienone is 2.